The third kappa shape index (κ3) is 2.19. The number of rotatable bonds is 3. The van der Waals surface area contributed by atoms with Crippen molar-refractivity contribution in [3.05, 3.63) is 42.7 Å². The third-order valence-corrected chi connectivity index (χ3v) is 4.75. The zero-order valence-corrected chi connectivity index (χ0v) is 12.3. The van der Waals surface area contributed by atoms with Crippen LogP contribution in [0.25, 0.3) is 5.69 Å². The lowest BCUT2D eigenvalue weighted by molar-refractivity contribution is -0.120. The van der Waals surface area contributed by atoms with E-state index in [-0.39, 0.29) is 5.91 Å². The molecular formula is C14H13Cl2N3O. The van der Waals surface area contributed by atoms with Crippen LogP contribution in [0, 0.1) is 5.41 Å². The molecular weight excluding hydrogens is 297 g/mol. The van der Waals surface area contributed by atoms with E-state index < -0.39 is 9.75 Å². The van der Waals surface area contributed by atoms with Gasteiger partial charge in [-0.2, -0.15) is 5.10 Å². The maximum Gasteiger partial charge on any atom is 0.233 e. The zero-order valence-electron chi connectivity index (χ0n) is 10.8. The molecule has 1 N–H and O–H groups in total. The second-order valence-electron chi connectivity index (χ2n) is 5.16. The minimum Gasteiger partial charge on any atom is -0.326 e. The van der Waals surface area contributed by atoms with Crippen molar-refractivity contribution in [3.8, 4) is 5.69 Å². The summed E-state index contributed by atoms with van der Waals surface area (Å²) in [7, 11) is 0. The normalized spacial score (nSPS) is 23.4. The average molecular weight is 310 g/mol. The Bertz CT molecular complexity index is 637. The highest BCUT2D eigenvalue weighted by atomic mass is 35.5. The van der Waals surface area contributed by atoms with E-state index in [1.165, 1.54) is 0 Å². The number of carbonyl (C=O) groups is 1. The van der Waals surface area contributed by atoms with Gasteiger partial charge >= 0.3 is 0 Å². The number of benzene rings is 1. The van der Waals surface area contributed by atoms with Gasteiger partial charge < -0.3 is 5.32 Å². The highest BCUT2D eigenvalue weighted by molar-refractivity contribution is 6.53. The number of nitrogens with zero attached hydrogens (tertiary/aromatic N) is 2. The molecule has 0 spiro atoms. The van der Waals surface area contributed by atoms with Crippen LogP contribution in [0.3, 0.4) is 0 Å². The molecule has 0 bridgehead atoms. The molecule has 1 aromatic heterocycles. The van der Waals surface area contributed by atoms with Crippen LogP contribution in [0.5, 0.6) is 0 Å². The Balaban J connectivity index is 1.72. The van der Waals surface area contributed by atoms with E-state index in [9.17, 15) is 4.79 Å². The van der Waals surface area contributed by atoms with Crippen molar-refractivity contribution < 1.29 is 4.79 Å². The zero-order chi connectivity index (χ0) is 14.4. The Labute approximate surface area is 126 Å². The summed E-state index contributed by atoms with van der Waals surface area (Å²) in [6.45, 7) is 1.76. The number of halogens is 2. The molecule has 1 atom stereocenters. The van der Waals surface area contributed by atoms with Crippen LogP contribution in [-0.2, 0) is 4.79 Å². The summed E-state index contributed by atoms with van der Waals surface area (Å²) in [5.74, 6) is -0.158. The second kappa shape index (κ2) is 4.50. The van der Waals surface area contributed by atoms with Gasteiger partial charge in [-0.1, -0.05) is 0 Å². The van der Waals surface area contributed by atoms with Crippen LogP contribution < -0.4 is 5.32 Å². The number of alkyl halides is 2. The molecule has 0 radical (unpaired) electrons. The predicted molar refractivity (Wildman–Crippen MR) is 79.4 cm³/mol. The van der Waals surface area contributed by atoms with Gasteiger partial charge in [-0.25, -0.2) is 4.68 Å². The topological polar surface area (TPSA) is 46.9 Å². The Morgan fingerprint density at radius 3 is 2.50 bits per heavy atom. The van der Waals surface area contributed by atoms with E-state index in [1.54, 1.807) is 17.8 Å². The number of carbonyl (C=O) groups excluding carboxylic acids is 1. The summed E-state index contributed by atoms with van der Waals surface area (Å²) in [4.78, 5) is 12.1. The van der Waals surface area contributed by atoms with Gasteiger partial charge in [-0.15, -0.1) is 23.2 Å². The third-order valence-electron chi connectivity index (χ3n) is 3.65. The molecule has 1 aromatic carbocycles. The quantitative estimate of drug-likeness (QED) is 0.883. The van der Waals surface area contributed by atoms with E-state index in [4.69, 9.17) is 23.2 Å². The Hall–Kier alpha value is -1.52. The van der Waals surface area contributed by atoms with Gasteiger partial charge in [0.05, 0.1) is 11.1 Å². The first kappa shape index (κ1) is 13.5. The number of nitrogens with one attached hydrogen (secondary N) is 1. The van der Waals surface area contributed by atoms with Crippen LogP contribution in [-0.4, -0.2) is 20.0 Å². The van der Waals surface area contributed by atoms with Crippen molar-refractivity contribution in [2.75, 3.05) is 5.32 Å². The molecule has 1 unspecified atom stereocenters. The molecule has 1 saturated carbocycles. The first-order valence-corrected chi connectivity index (χ1v) is 6.97. The number of aromatic nitrogens is 2. The molecule has 4 nitrogen and oxygen atoms in total. The van der Waals surface area contributed by atoms with Gasteiger partial charge in [0.2, 0.25) is 5.91 Å². The lowest BCUT2D eigenvalue weighted by Crippen LogP contribution is -2.25. The molecule has 2 aromatic rings. The standard InChI is InChI=1S/C14H13Cl2N3O/c1-13(9-14(13,15)16)12(20)18-10-3-5-11(6-4-10)19-8-2-7-17-19/h2-8H,9H2,1H3,(H,18,20). The van der Waals surface area contributed by atoms with Gasteiger partial charge in [0.25, 0.3) is 0 Å². The van der Waals surface area contributed by atoms with Crippen molar-refractivity contribution in [1.29, 1.82) is 0 Å². The molecule has 1 heterocycles. The van der Waals surface area contributed by atoms with Crippen molar-refractivity contribution in [2.24, 2.45) is 5.41 Å². The Morgan fingerprint density at radius 2 is 2.00 bits per heavy atom. The minimum absolute atomic E-state index is 0.158. The minimum atomic E-state index is -0.952. The molecule has 1 fully saturated rings. The predicted octanol–water partition coefficient (Wildman–Crippen LogP) is 3.39. The summed E-state index contributed by atoms with van der Waals surface area (Å²) in [5, 5.41) is 6.97. The monoisotopic (exact) mass is 309 g/mol. The Kier molecular flexibility index (Phi) is 3.03. The second-order valence-corrected chi connectivity index (χ2v) is 6.65. The van der Waals surface area contributed by atoms with Crippen molar-refractivity contribution in [3.63, 3.8) is 0 Å². The van der Waals surface area contributed by atoms with Crippen LogP contribution in [0.15, 0.2) is 42.7 Å². The highest BCUT2D eigenvalue weighted by Gasteiger charge is 2.67. The van der Waals surface area contributed by atoms with Crippen LogP contribution >= 0.6 is 23.2 Å². The summed E-state index contributed by atoms with van der Waals surface area (Å²) in [5.41, 5.74) is 0.925. The molecule has 20 heavy (non-hydrogen) atoms. The van der Waals surface area contributed by atoms with E-state index in [1.807, 2.05) is 36.5 Å². The van der Waals surface area contributed by atoms with Crippen LogP contribution in [0.2, 0.25) is 0 Å². The fourth-order valence-electron chi connectivity index (χ4n) is 2.03. The van der Waals surface area contributed by atoms with Crippen molar-refractivity contribution in [1.82, 2.24) is 9.78 Å². The molecule has 3 rings (SSSR count). The molecule has 1 aliphatic carbocycles. The number of hydrogen-bond donors (Lipinski definition) is 1. The summed E-state index contributed by atoms with van der Waals surface area (Å²) >= 11 is 12.0. The SMILES string of the molecule is CC1(C(=O)Nc2ccc(-n3cccn3)cc2)CC1(Cl)Cl. The highest BCUT2D eigenvalue weighted by Crippen LogP contribution is 2.64. The van der Waals surface area contributed by atoms with Crippen LogP contribution in [0.4, 0.5) is 5.69 Å². The number of anilines is 1. The summed E-state index contributed by atoms with van der Waals surface area (Å²) in [6.07, 6.45) is 4.04. The molecule has 1 amide bonds. The first-order valence-electron chi connectivity index (χ1n) is 6.22. The van der Waals surface area contributed by atoms with E-state index in [0.29, 0.717) is 12.1 Å². The lowest BCUT2D eigenvalue weighted by atomic mass is 10.1. The van der Waals surface area contributed by atoms with Gasteiger partial charge in [0.1, 0.15) is 4.33 Å². The maximum atomic E-state index is 12.1. The summed E-state index contributed by atoms with van der Waals surface area (Å²) in [6, 6.07) is 9.26. The smallest absolute Gasteiger partial charge is 0.233 e. The van der Waals surface area contributed by atoms with E-state index in [2.05, 4.69) is 10.4 Å². The fraction of sp³-hybridized carbons (Fsp3) is 0.286. The average Bonchev–Trinajstić information content (AvgIpc) is 2.83. The van der Waals surface area contributed by atoms with Crippen molar-refractivity contribution >= 4 is 34.8 Å². The van der Waals surface area contributed by atoms with Gasteiger partial charge in [-0.3, -0.25) is 4.79 Å². The lowest BCUT2D eigenvalue weighted by Gasteiger charge is -2.13. The Morgan fingerprint density at radius 1 is 1.35 bits per heavy atom. The molecule has 0 saturated heterocycles. The van der Waals surface area contributed by atoms with Gasteiger partial charge in [-0.05, 0) is 43.7 Å². The first-order chi connectivity index (χ1) is 9.42. The van der Waals surface area contributed by atoms with Crippen LogP contribution in [0.1, 0.15) is 13.3 Å². The van der Waals surface area contributed by atoms with E-state index in [0.717, 1.165) is 5.69 Å². The van der Waals surface area contributed by atoms with E-state index >= 15 is 0 Å². The fourth-order valence-corrected chi connectivity index (χ4v) is 2.74. The number of amides is 1. The largest absolute Gasteiger partial charge is 0.326 e. The molecule has 6 heteroatoms. The molecule has 104 valence electrons. The molecule has 0 aliphatic heterocycles. The van der Waals surface area contributed by atoms with Crippen molar-refractivity contribution in [2.45, 2.75) is 17.7 Å². The van der Waals surface area contributed by atoms with Gasteiger partial charge in [0.15, 0.2) is 0 Å². The summed E-state index contributed by atoms with van der Waals surface area (Å²) < 4.78 is 0.794. The maximum absolute atomic E-state index is 12.1. The molecule has 1 aliphatic rings. The number of hydrogen-bond acceptors (Lipinski definition) is 2. The van der Waals surface area contributed by atoms with Gasteiger partial charge in [0, 0.05) is 18.1 Å².